The van der Waals surface area contributed by atoms with Gasteiger partial charge in [0, 0.05) is 18.2 Å². The molecule has 0 aliphatic heterocycles. The van der Waals surface area contributed by atoms with E-state index in [1.54, 1.807) is 0 Å². The summed E-state index contributed by atoms with van der Waals surface area (Å²) in [6, 6.07) is 5.66. The SMILES string of the molecule is COc1ccc([N+](=O)[O-])cc1N(CC(=O)Nc1ccc(F)cc1F)S(C)(=O)=O. The fraction of sp³-hybridized carbons (Fsp3) is 0.188. The lowest BCUT2D eigenvalue weighted by atomic mass is 10.2. The van der Waals surface area contributed by atoms with Crippen molar-refractivity contribution in [3.05, 3.63) is 58.1 Å². The summed E-state index contributed by atoms with van der Waals surface area (Å²) in [6.07, 6.45) is 0.789. The molecule has 0 bridgehead atoms. The average molecular weight is 415 g/mol. The van der Waals surface area contributed by atoms with Crippen LogP contribution in [0.2, 0.25) is 0 Å². The number of hydrogen-bond acceptors (Lipinski definition) is 6. The molecule has 0 aromatic heterocycles. The number of benzene rings is 2. The van der Waals surface area contributed by atoms with Gasteiger partial charge in [0.15, 0.2) is 0 Å². The lowest BCUT2D eigenvalue weighted by Crippen LogP contribution is -2.37. The third-order valence-corrected chi connectivity index (χ3v) is 4.66. The zero-order chi connectivity index (χ0) is 21.1. The topological polar surface area (TPSA) is 119 Å². The summed E-state index contributed by atoms with van der Waals surface area (Å²) < 4.78 is 56.6. The maximum atomic E-state index is 13.7. The van der Waals surface area contributed by atoms with Crippen molar-refractivity contribution < 1.29 is 31.7 Å². The first kappa shape index (κ1) is 21.0. The summed E-state index contributed by atoms with van der Waals surface area (Å²) in [7, 11) is -2.86. The number of nitro groups is 1. The Hall–Kier alpha value is -3.28. The average Bonchev–Trinajstić information content (AvgIpc) is 2.60. The van der Waals surface area contributed by atoms with Crippen molar-refractivity contribution in [2.45, 2.75) is 0 Å². The summed E-state index contributed by atoms with van der Waals surface area (Å²) in [4.78, 5) is 22.5. The second kappa shape index (κ2) is 8.17. The van der Waals surface area contributed by atoms with Crippen LogP contribution in [-0.4, -0.2) is 39.2 Å². The maximum Gasteiger partial charge on any atom is 0.271 e. The molecule has 12 heteroatoms. The van der Waals surface area contributed by atoms with Crippen LogP contribution in [0, 0.1) is 21.7 Å². The minimum atomic E-state index is -4.08. The van der Waals surface area contributed by atoms with E-state index in [2.05, 4.69) is 5.32 Å². The molecule has 1 N–H and O–H groups in total. The number of methoxy groups -OCH3 is 1. The van der Waals surface area contributed by atoms with Crippen LogP contribution in [0.1, 0.15) is 0 Å². The van der Waals surface area contributed by atoms with E-state index in [0.29, 0.717) is 10.4 Å². The molecule has 0 saturated heterocycles. The van der Waals surface area contributed by atoms with Gasteiger partial charge in [-0.25, -0.2) is 17.2 Å². The Morgan fingerprint density at radius 1 is 1.25 bits per heavy atom. The van der Waals surface area contributed by atoms with Gasteiger partial charge in [-0.15, -0.1) is 0 Å². The molecule has 28 heavy (non-hydrogen) atoms. The first-order valence-corrected chi connectivity index (χ1v) is 9.43. The number of carbonyl (C=O) groups is 1. The van der Waals surface area contributed by atoms with Crippen molar-refractivity contribution in [2.24, 2.45) is 0 Å². The first-order chi connectivity index (χ1) is 13.0. The Labute approximate surface area is 158 Å². The molecule has 0 radical (unpaired) electrons. The maximum absolute atomic E-state index is 13.7. The number of halogens is 2. The lowest BCUT2D eigenvalue weighted by molar-refractivity contribution is -0.384. The number of anilines is 2. The third kappa shape index (κ3) is 4.91. The number of nitro benzene ring substituents is 1. The van der Waals surface area contributed by atoms with E-state index in [1.807, 2.05) is 0 Å². The molecular formula is C16H15F2N3O6S. The number of rotatable bonds is 7. The molecular weight excluding hydrogens is 400 g/mol. The zero-order valence-corrected chi connectivity index (χ0v) is 15.5. The van der Waals surface area contributed by atoms with Crippen LogP contribution in [0.3, 0.4) is 0 Å². The summed E-state index contributed by atoms with van der Waals surface area (Å²) in [5.74, 6) is -2.89. The van der Waals surface area contributed by atoms with Gasteiger partial charge in [0.1, 0.15) is 29.6 Å². The summed E-state index contributed by atoms with van der Waals surface area (Å²) >= 11 is 0. The molecule has 150 valence electrons. The van der Waals surface area contributed by atoms with E-state index in [0.717, 1.165) is 30.5 Å². The van der Waals surface area contributed by atoms with E-state index in [9.17, 15) is 32.1 Å². The van der Waals surface area contributed by atoms with Gasteiger partial charge in [-0.3, -0.25) is 19.2 Å². The highest BCUT2D eigenvalue weighted by molar-refractivity contribution is 7.92. The predicted molar refractivity (Wildman–Crippen MR) is 96.8 cm³/mol. The van der Waals surface area contributed by atoms with Gasteiger partial charge in [-0.2, -0.15) is 0 Å². The quantitative estimate of drug-likeness (QED) is 0.547. The van der Waals surface area contributed by atoms with Crippen LogP contribution in [0.5, 0.6) is 5.75 Å². The molecule has 0 aliphatic rings. The van der Waals surface area contributed by atoms with Gasteiger partial charge in [-0.05, 0) is 18.2 Å². The number of nitrogens with one attached hydrogen (secondary N) is 1. The van der Waals surface area contributed by atoms with E-state index in [1.165, 1.54) is 13.2 Å². The van der Waals surface area contributed by atoms with Crippen LogP contribution in [0.15, 0.2) is 36.4 Å². The third-order valence-electron chi connectivity index (χ3n) is 3.53. The molecule has 0 heterocycles. The Morgan fingerprint density at radius 2 is 1.93 bits per heavy atom. The number of ether oxygens (including phenoxy) is 1. The number of sulfonamides is 1. The molecule has 1 amide bonds. The molecule has 0 fully saturated rings. The molecule has 0 spiro atoms. The summed E-state index contributed by atoms with van der Waals surface area (Å²) in [5.41, 5.74) is -1.02. The molecule has 2 rings (SSSR count). The first-order valence-electron chi connectivity index (χ1n) is 7.58. The summed E-state index contributed by atoms with van der Waals surface area (Å²) in [6.45, 7) is -0.826. The molecule has 0 atom stereocenters. The number of nitrogens with zero attached hydrogens (tertiary/aromatic N) is 2. The number of hydrogen-bond donors (Lipinski definition) is 1. The minimum Gasteiger partial charge on any atom is -0.495 e. The standard InChI is InChI=1S/C16H15F2N3O6S/c1-27-15-6-4-11(21(23)24)8-14(15)20(28(2,25)26)9-16(22)19-13-5-3-10(17)7-12(13)18/h3-8H,9H2,1-2H3,(H,19,22). The summed E-state index contributed by atoms with van der Waals surface area (Å²) in [5, 5.41) is 13.1. The van der Waals surface area contributed by atoms with Crippen molar-refractivity contribution >= 4 is 33.0 Å². The van der Waals surface area contributed by atoms with Crippen LogP contribution < -0.4 is 14.4 Å². The second-order valence-corrected chi connectivity index (χ2v) is 7.46. The van der Waals surface area contributed by atoms with Gasteiger partial charge < -0.3 is 10.1 Å². The van der Waals surface area contributed by atoms with Crippen molar-refractivity contribution in [3.63, 3.8) is 0 Å². The van der Waals surface area contributed by atoms with E-state index < -0.39 is 44.7 Å². The van der Waals surface area contributed by atoms with Gasteiger partial charge in [0.05, 0.1) is 24.0 Å². The van der Waals surface area contributed by atoms with Gasteiger partial charge in [-0.1, -0.05) is 0 Å². The fourth-order valence-corrected chi connectivity index (χ4v) is 3.13. The van der Waals surface area contributed by atoms with Crippen molar-refractivity contribution in [1.29, 1.82) is 0 Å². The van der Waals surface area contributed by atoms with Crippen molar-refractivity contribution in [1.82, 2.24) is 0 Å². The highest BCUT2D eigenvalue weighted by Crippen LogP contribution is 2.33. The smallest absolute Gasteiger partial charge is 0.271 e. The highest BCUT2D eigenvalue weighted by Gasteiger charge is 2.26. The van der Waals surface area contributed by atoms with Crippen LogP contribution >= 0.6 is 0 Å². The molecule has 0 saturated carbocycles. The second-order valence-electron chi connectivity index (χ2n) is 5.56. The van der Waals surface area contributed by atoms with Crippen LogP contribution in [0.4, 0.5) is 25.8 Å². The van der Waals surface area contributed by atoms with Gasteiger partial charge in [0.25, 0.3) is 5.69 Å². The Morgan fingerprint density at radius 3 is 2.46 bits per heavy atom. The minimum absolute atomic E-state index is 0.0308. The molecule has 0 unspecified atom stereocenters. The molecule has 9 nitrogen and oxygen atoms in total. The number of non-ortho nitro benzene ring substituents is 1. The van der Waals surface area contributed by atoms with Gasteiger partial charge >= 0.3 is 0 Å². The lowest BCUT2D eigenvalue weighted by Gasteiger charge is -2.23. The Balaban J connectivity index is 2.39. The largest absolute Gasteiger partial charge is 0.495 e. The van der Waals surface area contributed by atoms with Crippen molar-refractivity contribution in [3.8, 4) is 5.75 Å². The molecule has 2 aromatic rings. The van der Waals surface area contributed by atoms with Crippen LogP contribution in [0.25, 0.3) is 0 Å². The molecule has 2 aromatic carbocycles. The monoisotopic (exact) mass is 415 g/mol. The van der Waals surface area contributed by atoms with E-state index in [-0.39, 0.29) is 17.1 Å². The number of carbonyl (C=O) groups excluding carboxylic acids is 1. The Kier molecular flexibility index (Phi) is 6.13. The zero-order valence-electron chi connectivity index (χ0n) is 14.7. The normalized spacial score (nSPS) is 11.0. The van der Waals surface area contributed by atoms with Gasteiger partial charge in [0.2, 0.25) is 15.9 Å². The van der Waals surface area contributed by atoms with E-state index in [4.69, 9.17) is 4.74 Å². The molecule has 0 aliphatic carbocycles. The van der Waals surface area contributed by atoms with Crippen LogP contribution in [-0.2, 0) is 14.8 Å². The van der Waals surface area contributed by atoms with E-state index >= 15 is 0 Å². The highest BCUT2D eigenvalue weighted by atomic mass is 32.2. The van der Waals surface area contributed by atoms with Crippen molar-refractivity contribution in [2.75, 3.05) is 29.5 Å². The Bertz CT molecular complexity index is 1030. The fourth-order valence-electron chi connectivity index (χ4n) is 2.28. The number of amides is 1. The predicted octanol–water partition coefficient (Wildman–Crippen LogP) is 2.29.